The maximum absolute atomic E-state index is 12.3. The number of aliphatic hydroxyl groups is 1. The Labute approximate surface area is 168 Å². The second kappa shape index (κ2) is 9.48. The van der Waals surface area contributed by atoms with Gasteiger partial charge < -0.3 is 14.9 Å². The van der Waals surface area contributed by atoms with Crippen molar-refractivity contribution in [2.75, 3.05) is 0 Å². The fourth-order valence-electron chi connectivity index (χ4n) is 2.58. The topological polar surface area (TPSA) is 104 Å². The first kappa shape index (κ1) is 20.0. The monoisotopic (exact) mass is 391 g/mol. The van der Waals surface area contributed by atoms with E-state index in [4.69, 9.17) is 4.74 Å². The first-order valence-electron chi connectivity index (χ1n) is 8.97. The molecule has 7 heteroatoms. The Morgan fingerprint density at radius 1 is 1.17 bits per heavy atom. The van der Waals surface area contributed by atoms with E-state index in [1.54, 1.807) is 19.1 Å². The van der Waals surface area contributed by atoms with Crippen LogP contribution in [-0.2, 0) is 13.2 Å². The molecule has 7 nitrogen and oxygen atoms in total. The molecule has 0 atom stereocenters. The Morgan fingerprint density at radius 3 is 2.59 bits per heavy atom. The molecule has 1 amide bonds. The van der Waals surface area contributed by atoms with E-state index in [-0.39, 0.29) is 12.4 Å². The fourth-order valence-corrected chi connectivity index (χ4v) is 2.58. The molecule has 0 saturated carbocycles. The van der Waals surface area contributed by atoms with Crippen LogP contribution in [0, 0.1) is 6.92 Å². The highest BCUT2D eigenvalue weighted by Crippen LogP contribution is 2.21. The average Bonchev–Trinajstić information content (AvgIpc) is 2.76. The number of nitrogens with one attached hydrogen (secondary N) is 1. The summed E-state index contributed by atoms with van der Waals surface area (Å²) >= 11 is 0. The van der Waals surface area contributed by atoms with Crippen molar-refractivity contribution in [1.29, 1.82) is 0 Å². The lowest BCUT2D eigenvalue weighted by Crippen LogP contribution is -2.17. The predicted octanol–water partition coefficient (Wildman–Crippen LogP) is 2.93. The van der Waals surface area contributed by atoms with Gasteiger partial charge in [0.25, 0.3) is 5.91 Å². The van der Waals surface area contributed by atoms with Gasteiger partial charge in [0.05, 0.1) is 18.5 Å². The third kappa shape index (κ3) is 5.18. The number of hydrogen-bond acceptors (Lipinski definition) is 6. The number of benzene rings is 2. The summed E-state index contributed by atoms with van der Waals surface area (Å²) in [6, 6.07) is 16.5. The minimum absolute atomic E-state index is 0.0858. The Hall–Kier alpha value is -3.71. The van der Waals surface area contributed by atoms with Crippen LogP contribution in [0.1, 0.15) is 32.7 Å². The maximum Gasteiger partial charge on any atom is 0.271 e. The molecule has 0 fully saturated rings. The van der Waals surface area contributed by atoms with E-state index in [0.717, 1.165) is 11.3 Å². The minimum Gasteiger partial charge on any atom is -0.505 e. The Balaban J connectivity index is 1.60. The zero-order valence-electron chi connectivity index (χ0n) is 15.9. The van der Waals surface area contributed by atoms with Crippen LogP contribution in [0.4, 0.5) is 0 Å². The number of para-hydroxylation sites is 1. The number of rotatable bonds is 7. The maximum atomic E-state index is 12.3. The van der Waals surface area contributed by atoms with Gasteiger partial charge in [0, 0.05) is 22.9 Å². The first-order valence-corrected chi connectivity index (χ1v) is 8.97. The number of aryl methyl sites for hydroxylation is 1. The molecule has 0 saturated heterocycles. The molecule has 0 spiro atoms. The lowest BCUT2D eigenvalue weighted by molar-refractivity contribution is 0.0955. The van der Waals surface area contributed by atoms with E-state index in [1.807, 2.05) is 42.5 Å². The largest absolute Gasteiger partial charge is 0.505 e. The summed E-state index contributed by atoms with van der Waals surface area (Å²) in [6.45, 7) is 1.73. The van der Waals surface area contributed by atoms with E-state index < -0.39 is 5.91 Å². The van der Waals surface area contributed by atoms with Gasteiger partial charge in [-0.05, 0) is 36.8 Å². The van der Waals surface area contributed by atoms with Crippen LogP contribution >= 0.6 is 0 Å². The summed E-state index contributed by atoms with van der Waals surface area (Å²) in [4.78, 5) is 16.2. The third-order valence-electron chi connectivity index (χ3n) is 4.25. The van der Waals surface area contributed by atoms with Gasteiger partial charge in [-0.3, -0.25) is 9.78 Å². The molecule has 0 bridgehead atoms. The van der Waals surface area contributed by atoms with Crippen LogP contribution in [0.2, 0.25) is 0 Å². The number of aromatic hydroxyl groups is 1. The van der Waals surface area contributed by atoms with Gasteiger partial charge in [0.15, 0.2) is 0 Å². The zero-order chi connectivity index (χ0) is 20.6. The van der Waals surface area contributed by atoms with E-state index in [2.05, 4.69) is 15.5 Å². The van der Waals surface area contributed by atoms with Crippen molar-refractivity contribution in [2.24, 2.45) is 5.10 Å². The van der Waals surface area contributed by atoms with Crippen molar-refractivity contribution in [1.82, 2.24) is 10.4 Å². The summed E-state index contributed by atoms with van der Waals surface area (Å²) < 4.78 is 5.68. The number of hydrogen-bond donors (Lipinski definition) is 3. The molecule has 1 aromatic heterocycles. The molecular formula is C22H21N3O4. The highest BCUT2D eigenvalue weighted by Gasteiger charge is 2.10. The summed E-state index contributed by atoms with van der Waals surface area (Å²) in [7, 11) is 0. The van der Waals surface area contributed by atoms with Crippen molar-refractivity contribution in [3.05, 3.63) is 88.7 Å². The van der Waals surface area contributed by atoms with E-state index >= 15 is 0 Å². The third-order valence-corrected chi connectivity index (χ3v) is 4.25. The van der Waals surface area contributed by atoms with Crippen LogP contribution in [0.5, 0.6) is 11.5 Å². The first-order chi connectivity index (χ1) is 14.1. The summed E-state index contributed by atoms with van der Waals surface area (Å²) in [5, 5.41) is 23.3. The number of hydrazone groups is 1. The Kier molecular flexibility index (Phi) is 6.55. The normalized spacial score (nSPS) is 10.8. The molecule has 3 rings (SSSR count). The quantitative estimate of drug-likeness (QED) is 0.424. The molecule has 29 heavy (non-hydrogen) atoms. The number of nitrogens with zero attached hydrogens (tertiary/aromatic N) is 2. The van der Waals surface area contributed by atoms with Gasteiger partial charge in [-0.2, -0.15) is 5.10 Å². The van der Waals surface area contributed by atoms with Crippen LogP contribution in [0.15, 0.2) is 65.9 Å². The molecule has 3 N–H and O–H groups in total. The predicted molar refractivity (Wildman–Crippen MR) is 109 cm³/mol. The highest BCUT2D eigenvalue weighted by molar-refractivity contribution is 5.95. The van der Waals surface area contributed by atoms with Crippen molar-refractivity contribution in [3.8, 4) is 11.5 Å². The van der Waals surface area contributed by atoms with Crippen molar-refractivity contribution < 1.29 is 19.7 Å². The molecule has 0 aliphatic rings. The SMILES string of the molecule is Cc1ncc(CO)c(/C=N/NC(=O)c2ccc(COc3ccccc3)cc2)c1O. The molecule has 1 heterocycles. The number of aromatic nitrogens is 1. The van der Waals surface area contributed by atoms with Crippen LogP contribution < -0.4 is 10.2 Å². The second-order valence-corrected chi connectivity index (χ2v) is 6.29. The second-order valence-electron chi connectivity index (χ2n) is 6.29. The molecule has 0 aliphatic heterocycles. The van der Waals surface area contributed by atoms with E-state index in [0.29, 0.717) is 29.0 Å². The van der Waals surface area contributed by atoms with E-state index in [9.17, 15) is 15.0 Å². The molecule has 0 unspecified atom stereocenters. The van der Waals surface area contributed by atoms with Gasteiger partial charge in [-0.15, -0.1) is 0 Å². The van der Waals surface area contributed by atoms with Crippen LogP contribution in [0.25, 0.3) is 0 Å². The Morgan fingerprint density at radius 2 is 1.90 bits per heavy atom. The molecule has 3 aromatic rings. The van der Waals surface area contributed by atoms with E-state index in [1.165, 1.54) is 12.4 Å². The van der Waals surface area contributed by atoms with Gasteiger partial charge in [-0.25, -0.2) is 5.43 Å². The smallest absolute Gasteiger partial charge is 0.271 e. The summed E-state index contributed by atoms with van der Waals surface area (Å²) in [5.74, 6) is 0.297. The molecular weight excluding hydrogens is 370 g/mol. The molecule has 148 valence electrons. The van der Waals surface area contributed by atoms with Gasteiger partial charge in [0.1, 0.15) is 18.1 Å². The number of carbonyl (C=O) groups excluding carboxylic acids is 1. The molecule has 0 aliphatic carbocycles. The van der Waals surface area contributed by atoms with Crippen molar-refractivity contribution >= 4 is 12.1 Å². The van der Waals surface area contributed by atoms with Crippen LogP contribution in [-0.4, -0.2) is 27.3 Å². The average molecular weight is 391 g/mol. The van der Waals surface area contributed by atoms with Gasteiger partial charge in [0.2, 0.25) is 0 Å². The molecule has 0 radical (unpaired) electrons. The van der Waals surface area contributed by atoms with Crippen molar-refractivity contribution in [3.63, 3.8) is 0 Å². The number of pyridine rings is 1. The zero-order valence-corrected chi connectivity index (χ0v) is 15.9. The van der Waals surface area contributed by atoms with Crippen LogP contribution in [0.3, 0.4) is 0 Å². The standard InChI is InChI=1S/C22H21N3O4/c1-15-21(27)20(18(13-26)11-23-15)12-24-25-22(28)17-9-7-16(8-10-17)14-29-19-5-3-2-4-6-19/h2-12,26-27H,13-14H2,1H3,(H,25,28)/b24-12+. The fraction of sp³-hybridized carbons (Fsp3) is 0.136. The van der Waals surface area contributed by atoms with Crippen molar-refractivity contribution in [2.45, 2.75) is 20.1 Å². The minimum atomic E-state index is -0.396. The number of ether oxygens (including phenoxy) is 1. The summed E-state index contributed by atoms with van der Waals surface area (Å²) in [6.07, 6.45) is 2.74. The van der Waals surface area contributed by atoms with Gasteiger partial charge >= 0.3 is 0 Å². The lowest BCUT2D eigenvalue weighted by Gasteiger charge is -2.08. The molecule has 2 aromatic carbocycles. The summed E-state index contributed by atoms with van der Waals surface area (Å²) in [5.41, 5.74) is 4.90. The number of aliphatic hydroxyl groups excluding tert-OH is 1. The lowest BCUT2D eigenvalue weighted by atomic mass is 10.1. The highest BCUT2D eigenvalue weighted by atomic mass is 16.5. The van der Waals surface area contributed by atoms with Gasteiger partial charge in [-0.1, -0.05) is 30.3 Å². The number of amides is 1. The Bertz CT molecular complexity index is 1000. The number of carbonyl (C=O) groups is 1.